The number of anilines is 1. The molecule has 0 aliphatic carbocycles. The Morgan fingerprint density at radius 3 is 2.23 bits per heavy atom. The molecule has 5 aromatic rings. The third-order valence-corrected chi connectivity index (χ3v) is 9.97. The summed E-state index contributed by atoms with van der Waals surface area (Å²) in [4.78, 5) is 5.16. The summed E-state index contributed by atoms with van der Waals surface area (Å²) in [5.41, 5.74) is 5.00. The van der Waals surface area contributed by atoms with E-state index < -0.39 is 25.9 Å². The molecule has 9 nitrogen and oxygen atoms in total. The van der Waals surface area contributed by atoms with Crippen LogP contribution < -0.4 is 9.03 Å². The molecule has 0 saturated carbocycles. The Morgan fingerprint density at radius 1 is 0.886 bits per heavy atom. The van der Waals surface area contributed by atoms with E-state index in [9.17, 15) is 21.9 Å². The molecule has 1 aliphatic heterocycles. The molecule has 0 unspecified atom stereocenters. The van der Waals surface area contributed by atoms with E-state index >= 15 is 0 Å². The van der Waals surface area contributed by atoms with Crippen LogP contribution in [0.4, 0.5) is 5.69 Å². The number of halogens is 2. The van der Waals surface area contributed by atoms with Crippen LogP contribution in [-0.2, 0) is 26.5 Å². The molecule has 0 spiro atoms. The molecular formula is C31H24Cl2N4O5S2. The molecule has 6 rings (SSSR count). The van der Waals surface area contributed by atoms with Crippen LogP contribution in [0.2, 0.25) is 10.0 Å². The fourth-order valence-electron chi connectivity index (χ4n) is 4.86. The lowest BCUT2D eigenvalue weighted by atomic mass is 10.0. The Hall–Kier alpha value is -4.29. The topological polar surface area (TPSA) is 122 Å². The lowest BCUT2D eigenvalue weighted by Gasteiger charge is -2.15. The van der Waals surface area contributed by atoms with Gasteiger partial charge >= 0.3 is 10.2 Å². The van der Waals surface area contributed by atoms with Crippen molar-refractivity contribution in [3.63, 3.8) is 0 Å². The highest BCUT2D eigenvalue weighted by Gasteiger charge is 2.28. The van der Waals surface area contributed by atoms with E-state index in [2.05, 4.69) is 0 Å². The highest BCUT2D eigenvalue weighted by molar-refractivity contribution is 7.91. The van der Waals surface area contributed by atoms with Crippen molar-refractivity contribution in [1.82, 2.24) is 14.3 Å². The van der Waals surface area contributed by atoms with Gasteiger partial charge in [-0.1, -0.05) is 59.6 Å². The minimum absolute atomic E-state index is 0.256. The van der Waals surface area contributed by atoms with Crippen molar-refractivity contribution in [2.24, 2.45) is 0 Å². The number of imidazole rings is 1. The standard InChI is InChI=1S/C31H24Cl2N4O5S2/c1-43(39,40)26-4-2-3-22(16-26)21-7-5-20(6-8-21)15-30-34-29(27-14-9-23(32)17-28(27)33)18-36(30)24-10-12-25(13-11-24)37-19-31(38)35-44(37,41)42/h2-14,16-19,35,38H,15H2,1H3. The van der Waals surface area contributed by atoms with Gasteiger partial charge in [0.15, 0.2) is 9.84 Å². The van der Waals surface area contributed by atoms with E-state index in [0.717, 1.165) is 32.9 Å². The minimum Gasteiger partial charge on any atom is -0.493 e. The molecule has 1 aliphatic rings. The first kappa shape index (κ1) is 29.8. The van der Waals surface area contributed by atoms with Gasteiger partial charge in [0, 0.05) is 35.1 Å². The van der Waals surface area contributed by atoms with Crippen molar-refractivity contribution < 1.29 is 21.9 Å². The molecule has 1 aromatic heterocycles. The third kappa shape index (κ3) is 6.04. The van der Waals surface area contributed by atoms with Crippen molar-refractivity contribution in [2.75, 3.05) is 10.6 Å². The maximum atomic E-state index is 12.3. The van der Waals surface area contributed by atoms with E-state index in [-0.39, 0.29) is 4.90 Å². The SMILES string of the molecule is CS(=O)(=O)c1cccc(-c2ccc(Cc3nc(-c4ccc(Cl)cc4Cl)cn3-c3ccc(N4C=C(O)NS4(=O)=O)cc3)cc2)c1. The summed E-state index contributed by atoms with van der Waals surface area (Å²) in [6.07, 6.45) is 4.57. The zero-order chi connectivity index (χ0) is 31.2. The zero-order valence-corrected chi connectivity index (χ0v) is 26.2. The zero-order valence-electron chi connectivity index (χ0n) is 23.0. The number of nitrogens with one attached hydrogen (secondary N) is 1. The summed E-state index contributed by atoms with van der Waals surface area (Å²) in [5.74, 6) is 0.225. The van der Waals surface area contributed by atoms with Crippen LogP contribution in [0.3, 0.4) is 0 Å². The number of nitrogens with zero attached hydrogens (tertiary/aromatic N) is 3. The van der Waals surface area contributed by atoms with Gasteiger partial charge in [0.05, 0.1) is 27.5 Å². The average Bonchev–Trinajstić information content (AvgIpc) is 3.51. The van der Waals surface area contributed by atoms with Crippen LogP contribution in [0, 0.1) is 0 Å². The molecule has 0 fully saturated rings. The smallest absolute Gasteiger partial charge is 0.330 e. The molecule has 4 aromatic carbocycles. The number of benzene rings is 4. The minimum atomic E-state index is -3.92. The first-order valence-electron chi connectivity index (χ1n) is 13.1. The number of hydrogen-bond donors (Lipinski definition) is 2. The molecule has 2 N–H and O–H groups in total. The fraction of sp³-hybridized carbons (Fsp3) is 0.0645. The van der Waals surface area contributed by atoms with Crippen LogP contribution in [0.25, 0.3) is 28.1 Å². The molecule has 2 heterocycles. The van der Waals surface area contributed by atoms with Crippen LogP contribution in [0.15, 0.2) is 114 Å². The van der Waals surface area contributed by atoms with E-state index in [1.54, 1.807) is 60.7 Å². The number of aliphatic hydroxyl groups excluding tert-OH is 1. The highest BCUT2D eigenvalue weighted by Crippen LogP contribution is 2.32. The quantitative estimate of drug-likeness (QED) is 0.204. The number of aliphatic hydroxyl groups is 1. The predicted octanol–water partition coefficient (Wildman–Crippen LogP) is 6.52. The van der Waals surface area contributed by atoms with E-state index in [0.29, 0.717) is 39.2 Å². The Labute approximate surface area is 264 Å². The Balaban J connectivity index is 1.35. The van der Waals surface area contributed by atoms with Crippen molar-refractivity contribution in [3.8, 4) is 28.1 Å². The first-order chi connectivity index (χ1) is 20.9. The number of rotatable bonds is 7. The third-order valence-electron chi connectivity index (χ3n) is 7.01. The average molecular weight is 668 g/mol. The summed E-state index contributed by atoms with van der Waals surface area (Å²) in [7, 11) is -7.26. The molecule has 13 heteroatoms. The highest BCUT2D eigenvalue weighted by atomic mass is 35.5. The van der Waals surface area contributed by atoms with Crippen molar-refractivity contribution >= 4 is 48.9 Å². The number of sulfone groups is 1. The second-order valence-corrected chi connectivity index (χ2v) is 14.6. The van der Waals surface area contributed by atoms with E-state index in [1.807, 2.05) is 45.8 Å². The van der Waals surface area contributed by atoms with E-state index in [1.165, 1.54) is 6.26 Å². The van der Waals surface area contributed by atoms with Gasteiger partial charge in [-0.2, -0.15) is 8.42 Å². The van der Waals surface area contributed by atoms with Gasteiger partial charge in [-0.3, -0.25) is 0 Å². The van der Waals surface area contributed by atoms with Gasteiger partial charge in [0.25, 0.3) is 0 Å². The predicted molar refractivity (Wildman–Crippen MR) is 172 cm³/mol. The lowest BCUT2D eigenvalue weighted by molar-refractivity contribution is 0.392. The molecule has 44 heavy (non-hydrogen) atoms. The molecule has 0 amide bonds. The number of hydrogen-bond acceptors (Lipinski definition) is 6. The van der Waals surface area contributed by atoms with Gasteiger partial charge in [0.1, 0.15) is 5.82 Å². The summed E-state index contributed by atoms with van der Waals surface area (Å²) in [6, 6.07) is 26.6. The van der Waals surface area contributed by atoms with Gasteiger partial charge in [-0.05, 0) is 71.3 Å². The van der Waals surface area contributed by atoms with E-state index in [4.69, 9.17) is 28.2 Å². The normalized spacial score (nSPS) is 14.3. The fourth-order valence-corrected chi connectivity index (χ4v) is 7.08. The summed E-state index contributed by atoms with van der Waals surface area (Å²) in [6.45, 7) is 0. The molecule has 0 atom stereocenters. The van der Waals surface area contributed by atoms with Crippen molar-refractivity contribution in [3.05, 3.63) is 131 Å². The Bertz CT molecular complexity index is 2150. The van der Waals surface area contributed by atoms with Crippen LogP contribution >= 0.6 is 23.2 Å². The van der Waals surface area contributed by atoms with Gasteiger partial charge in [-0.15, -0.1) is 0 Å². The second-order valence-electron chi connectivity index (χ2n) is 10.1. The van der Waals surface area contributed by atoms with Crippen molar-refractivity contribution in [1.29, 1.82) is 0 Å². The van der Waals surface area contributed by atoms with Crippen LogP contribution in [-0.4, -0.2) is 37.7 Å². The monoisotopic (exact) mass is 666 g/mol. The van der Waals surface area contributed by atoms with Gasteiger partial charge in [-0.25, -0.2) is 22.4 Å². The van der Waals surface area contributed by atoms with Gasteiger partial charge in [0.2, 0.25) is 5.88 Å². The maximum absolute atomic E-state index is 12.3. The van der Waals surface area contributed by atoms with Crippen LogP contribution in [0.5, 0.6) is 0 Å². The van der Waals surface area contributed by atoms with Gasteiger partial charge < -0.3 is 9.67 Å². The molecule has 0 saturated heterocycles. The lowest BCUT2D eigenvalue weighted by Crippen LogP contribution is -2.29. The number of aromatic nitrogens is 2. The Kier molecular flexibility index (Phi) is 7.66. The molecule has 0 radical (unpaired) electrons. The second kappa shape index (κ2) is 11.3. The largest absolute Gasteiger partial charge is 0.493 e. The Morgan fingerprint density at radius 2 is 1.59 bits per heavy atom. The van der Waals surface area contributed by atoms with Crippen LogP contribution in [0.1, 0.15) is 11.4 Å². The first-order valence-corrected chi connectivity index (χ1v) is 17.2. The molecular weight excluding hydrogens is 643 g/mol. The summed E-state index contributed by atoms with van der Waals surface area (Å²) in [5, 5.41) is 10.6. The molecule has 0 bridgehead atoms. The molecule has 224 valence electrons. The van der Waals surface area contributed by atoms with Crippen molar-refractivity contribution in [2.45, 2.75) is 11.3 Å². The maximum Gasteiger partial charge on any atom is 0.330 e. The summed E-state index contributed by atoms with van der Waals surface area (Å²) >= 11 is 12.6. The summed E-state index contributed by atoms with van der Waals surface area (Å²) < 4.78 is 53.6.